The molecular weight excluding hydrogens is 438 g/mol. The highest BCUT2D eigenvalue weighted by molar-refractivity contribution is 5.89. The van der Waals surface area contributed by atoms with Gasteiger partial charge in [-0.15, -0.1) is 0 Å². The van der Waals surface area contributed by atoms with Crippen LogP contribution in [0, 0.1) is 0 Å². The van der Waals surface area contributed by atoms with Crippen LogP contribution in [0.25, 0.3) is 6.08 Å². The maximum Gasteiger partial charge on any atom is 0.331 e. The molecule has 184 valence electrons. The first-order valence-electron chi connectivity index (χ1n) is 11.3. The first kappa shape index (κ1) is 26.6. The van der Waals surface area contributed by atoms with Crippen molar-refractivity contribution in [3.63, 3.8) is 0 Å². The average molecular weight is 472 g/mol. The number of rotatable bonds is 14. The molecule has 0 heterocycles. The summed E-state index contributed by atoms with van der Waals surface area (Å²) in [6.45, 7) is 7.37. The van der Waals surface area contributed by atoms with E-state index in [4.69, 9.17) is 23.7 Å². The zero-order valence-corrected chi connectivity index (χ0v) is 20.2. The molecule has 0 fully saturated rings. The van der Waals surface area contributed by atoms with Gasteiger partial charge in [-0.3, -0.25) is 4.79 Å². The van der Waals surface area contributed by atoms with E-state index in [1.807, 2.05) is 39.0 Å². The van der Waals surface area contributed by atoms with E-state index >= 15 is 0 Å². The van der Waals surface area contributed by atoms with Gasteiger partial charge >= 0.3 is 5.97 Å². The van der Waals surface area contributed by atoms with Gasteiger partial charge in [-0.1, -0.05) is 12.1 Å². The summed E-state index contributed by atoms with van der Waals surface area (Å²) >= 11 is 0. The summed E-state index contributed by atoms with van der Waals surface area (Å²) in [5, 5.41) is 2.74. The second-order valence-corrected chi connectivity index (χ2v) is 7.03. The van der Waals surface area contributed by atoms with Gasteiger partial charge in [0, 0.05) is 12.6 Å². The molecule has 0 aromatic heterocycles. The summed E-state index contributed by atoms with van der Waals surface area (Å²) in [4.78, 5) is 24.0. The van der Waals surface area contributed by atoms with Crippen LogP contribution in [0.2, 0.25) is 0 Å². The van der Waals surface area contributed by atoms with Gasteiger partial charge < -0.3 is 29.0 Å². The van der Waals surface area contributed by atoms with E-state index in [9.17, 15) is 9.59 Å². The Kier molecular flexibility index (Phi) is 11.3. The highest BCUT2D eigenvalue weighted by atomic mass is 16.5. The fraction of sp³-hybridized carbons (Fsp3) is 0.385. The van der Waals surface area contributed by atoms with E-state index < -0.39 is 5.97 Å². The van der Waals surface area contributed by atoms with E-state index in [2.05, 4.69) is 5.32 Å². The van der Waals surface area contributed by atoms with E-state index in [1.165, 1.54) is 6.08 Å². The number of benzene rings is 2. The van der Waals surface area contributed by atoms with Crippen molar-refractivity contribution in [1.82, 2.24) is 5.32 Å². The molecule has 2 aromatic rings. The lowest BCUT2D eigenvalue weighted by molar-refractivity contribution is -0.143. The lowest BCUT2D eigenvalue weighted by atomic mass is 10.1. The largest absolute Gasteiger partial charge is 0.493 e. The molecule has 0 saturated carbocycles. The van der Waals surface area contributed by atoms with E-state index in [0.29, 0.717) is 55.8 Å². The smallest absolute Gasteiger partial charge is 0.331 e. The molecule has 0 atom stereocenters. The molecule has 0 unspecified atom stereocenters. The van der Waals surface area contributed by atoms with Crippen LogP contribution in [0.3, 0.4) is 0 Å². The molecule has 2 rings (SSSR count). The summed E-state index contributed by atoms with van der Waals surface area (Å²) in [5.74, 6) is 1.58. The predicted molar refractivity (Wildman–Crippen MR) is 130 cm³/mol. The molecule has 0 aliphatic rings. The van der Waals surface area contributed by atoms with Crippen LogP contribution >= 0.6 is 0 Å². The van der Waals surface area contributed by atoms with Gasteiger partial charge in [0.25, 0.3) is 5.91 Å². The number of esters is 1. The molecule has 1 N–H and O–H groups in total. The summed E-state index contributed by atoms with van der Waals surface area (Å²) in [6, 6.07) is 11.0. The van der Waals surface area contributed by atoms with Crippen molar-refractivity contribution >= 4 is 18.0 Å². The Morgan fingerprint density at radius 2 is 1.50 bits per heavy atom. The third kappa shape index (κ3) is 8.69. The van der Waals surface area contributed by atoms with E-state index in [1.54, 1.807) is 31.4 Å². The molecule has 8 heteroatoms. The van der Waals surface area contributed by atoms with Gasteiger partial charge in [-0.05, 0) is 68.7 Å². The normalized spacial score (nSPS) is 10.6. The Balaban J connectivity index is 1.77. The van der Waals surface area contributed by atoms with Gasteiger partial charge in [0.2, 0.25) is 0 Å². The maximum atomic E-state index is 12.0. The van der Waals surface area contributed by atoms with Crippen molar-refractivity contribution in [1.29, 1.82) is 0 Å². The Labute approximate surface area is 200 Å². The number of carbonyl (C=O) groups is 2. The molecule has 2 aromatic carbocycles. The molecule has 1 amide bonds. The van der Waals surface area contributed by atoms with Crippen molar-refractivity contribution in [2.75, 3.05) is 40.1 Å². The van der Waals surface area contributed by atoms with Crippen molar-refractivity contribution < 1.29 is 33.3 Å². The second-order valence-electron chi connectivity index (χ2n) is 7.03. The first-order chi connectivity index (χ1) is 16.5. The lowest BCUT2D eigenvalue weighted by Gasteiger charge is -2.12. The number of methoxy groups -OCH3 is 1. The average Bonchev–Trinajstić information content (AvgIpc) is 2.84. The van der Waals surface area contributed by atoms with Crippen molar-refractivity contribution in [2.24, 2.45) is 0 Å². The second kappa shape index (κ2) is 14.5. The Morgan fingerprint density at radius 3 is 2.18 bits per heavy atom. The van der Waals surface area contributed by atoms with Crippen molar-refractivity contribution in [2.45, 2.75) is 27.2 Å². The summed E-state index contributed by atoms with van der Waals surface area (Å²) < 4.78 is 26.9. The van der Waals surface area contributed by atoms with Crippen LogP contribution in [-0.2, 0) is 20.7 Å². The zero-order valence-electron chi connectivity index (χ0n) is 20.2. The van der Waals surface area contributed by atoms with Gasteiger partial charge in [0.1, 0.15) is 0 Å². The molecular formula is C26H33NO7. The molecule has 8 nitrogen and oxygen atoms in total. The quantitative estimate of drug-likeness (QED) is 0.331. The van der Waals surface area contributed by atoms with Crippen LogP contribution in [0.4, 0.5) is 0 Å². The molecule has 0 saturated heterocycles. The van der Waals surface area contributed by atoms with Crippen molar-refractivity contribution in [3.05, 3.63) is 53.6 Å². The van der Waals surface area contributed by atoms with Gasteiger partial charge in [-0.25, -0.2) is 4.79 Å². The minimum absolute atomic E-state index is 0.358. The molecule has 0 bridgehead atoms. The first-order valence-corrected chi connectivity index (χ1v) is 11.3. The topological polar surface area (TPSA) is 92.3 Å². The standard InChI is InChI=1S/C26H33NO7/c1-5-31-21-11-8-19(16-23(21)30-4)10-13-26(29)34-18-25(28)27-15-14-20-9-12-22(32-6-2)24(17-20)33-7-3/h8-13,16-17H,5-7,14-15,18H2,1-4H3,(H,27,28). The van der Waals surface area contributed by atoms with E-state index in [0.717, 1.165) is 11.1 Å². The number of ether oxygens (including phenoxy) is 5. The van der Waals surface area contributed by atoms with Crippen LogP contribution in [0.1, 0.15) is 31.9 Å². The summed E-state index contributed by atoms with van der Waals surface area (Å²) in [7, 11) is 1.55. The van der Waals surface area contributed by atoms with Crippen LogP contribution in [-0.4, -0.2) is 52.0 Å². The molecule has 0 radical (unpaired) electrons. The number of amides is 1. The highest BCUT2D eigenvalue weighted by Crippen LogP contribution is 2.29. The number of carbonyl (C=O) groups excluding carboxylic acids is 2. The third-order valence-electron chi connectivity index (χ3n) is 4.59. The monoisotopic (exact) mass is 471 g/mol. The predicted octanol–water partition coefficient (Wildman–Crippen LogP) is 3.81. The molecule has 34 heavy (non-hydrogen) atoms. The summed E-state index contributed by atoms with van der Waals surface area (Å²) in [6.07, 6.45) is 3.45. The minimum Gasteiger partial charge on any atom is -0.493 e. The highest BCUT2D eigenvalue weighted by Gasteiger charge is 2.09. The van der Waals surface area contributed by atoms with Crippen LogP contribution in [0.15, 0.2) is 42.5 Å². The molecule has 0 spiro atoms. The minimum atomic E-state index is -0.615. The van der Waals surface area contributed by atoms with E-state index in [-0.39, 0.29) is 12.5 Å². The maximum absolute atomic E-state index is 12.0. The fourth-order valence-corrected chi connectivity index (χ4v) is 3.06. The SMILES string of the molecule is CCOc1ccc(C=CC(=O)OCC(=O)NCCc2ccc(OCC)c(OCC)c2)cc1OC. The van der Waals surface area contributed by atoms with Gasteiger partial charge in [-0.2, -0.15) is 0 Å². The number of nitrogens with one attached hydrogen (secondary N) is 1. The Bertz CT molecular complexity index is 972. The molecule has 0 aliphatic carbocycles. The van der Waals surface area contributed by atoms with Gasteiger partial charge in [0.15, 0.2) is 29.6 Å². The third-order valence-corrected chi connectivity index (χ3v) is 4.59. The Hall–Kier alpha value is -3.68. The summed E-state index contributed by atoms with van der Waals surface area (Å²) in [5.41, 5.74) is 1.74. The lowest BCUT2D eigenvalue weighted by Crippen LogP contribution is -2.30. The van der Waals surface area contributed by atoms with Gasteiger partial charge in [0.05, 0.1) is 26.9 Å². The Morgan fingerprint density at radius 1 is 0.853 bits per heavy atom. The van der Waals surface area contributed by atoms with Crippen LogP contribution in [0.5, 0.6) is 23.0 Å². The molecule has 0 aliphatic heterocycles. The fourth-order valence-electron chi connectivity index (χ4n) is 3.06. The van der Waals surface area contributed by atoms with Crippen molar-refractivity contribution in [3.8, 4) is 23.0 Å². The van der Waals surface area contributed by atoms with Crippen LogP contribution < -0.4 is 24.3 Å². The number of hydrogen-bond donors (Lipinski definition) is 1. The zero-order chi connectivity index (χ0) is 24.8. The number of hydrogen-bond acceptors (Lipinski definition) is 7.